The standard InChI is InChI=1S/C20H22INO4/c1-3-25-19(20(23)24)12-16-5-4-6-17(11-16)14(2)22-26-13-15-7-9-18(21)10-8-15/h4-11,19H,3,12-13H2,1-2H3,(H,23,24)/b22-14+. The number of oxime groups is 1. The van der Waals surface area contributed by atoms with Crippen LogP contribution in [0.25, 0.3) is 0 Å². The Morgan fingerprint density at radius 2 is 1.92 bits per heavy atom. The van der Waals surface area contributed by atoms with Crippen LogP contribution in [0.4, 0.5) is 0 Å². The number of halogens is 1. The first-order valence-electron chi connectivity index (χ1n) is 8.34. The van der Waals surface area contributed by atoms with Crippen LogP contribution < -0.4 is 0 Å². The fourth-order valence-electron chi connectivity index (χ4n) is 2.39. The second-order valence-corrected chi connectivity index (χ2v) is 7.01. The number of rotatable bonds is 9. The Kier molecular flexibility index (Phi) is 8.06. The van der Waals surface area contributed by atoms with Gasteiger partial charge in [0.2, 0.25) is 0 Å². The van der Waals surface area contributed by atoms with Crippen LogP contribution >= 0.6 is 22.6 Å². The van der Waals surface area contributed by atoms with Gasteiger partial charge in [0.15, 0.2) is 6.10 Å². The highest BCUT2D eigenvalue weighted by molar-refractivity contribution is 14.1. The van der Waals surface area contributed by atoms with Gasteiger partial charge in [-0.1, -0.05) is 35.5 Å². The van der Waals surface area contributed by atoms with Crippen molar-refractivity contribution in [3.05, 3.63) is 68.8 Å². The molecule has 6 heteroatoms. The Labute approximate surface area is 167 Å². The first-order chi connectivity index (χ1) is 12.5. The molecule has 0 saturated heterocycles. The van der Waals surface area contributed by atoms with Crippen molar-refractivity contribution in [1.29, 1.82) is 0 Å². The summed E-state index contributed by atoms with van der Waals surface area (Å²) in [5.41, 5.74) is 3.57. The molecule has 2 aromatic rings. The molecule has 0 bridgehead atoms. The van der Waals surface area contributed by atoms with E-state index in [4.69, 9.17) is 9.57 Å². The van der Waals surface area contributed by atoms with E-state index in [1.54, 1.807) is 6.92 Å². The normalized spacial score (nSPS) is 12.7. The highest BCUT2D eigenvalue weighted by atomic mass is 127. The summed E-state index contributed by atoms with van der Waals surface area (Å²) in [5, 5.41) is 13.4. The molecule has 0 radical (unpaired) electrons. The van der Waals surface area contributed by atoms with Gasteiger partial charge in [-0.05, 0) is 71.3 Å². The van der Waals surface area contributed by atoms with Crippen molar-refractivity contribution in [1.82, 2.24) is 0 Å². The summed E-state index contributed by atoms with van der Waals surface area (Å²) < 4.78 is 6.45. The number of carboxylic acid groups (broad SMARTS) is 1. The largest absolute Gasteiger partial charge is 0.479 e. The lowest BCUT2D eigenvalue weighted by Gasteiger charge is -2.13. The van der Waals surface area contributed by atoms with Crippen LogP contribution in [0, 0.1) is 3.57 Å². The summed E-state index contributed by atoms with van der Waals surface area (Å²) in [6, 6.07) is 15.7. The predicted octanol–water partition coefficient (Wildman–Crippen LogP) is 4.26. The lowest BCUT2D eigenvalue weighted by atomic mass is 10.0. The molecule has 1 atom stereocenters. The van der Waals surface area contributed by atoms with Crippen LogP contribution in [0.1, 0.15) is 30.5 Å². The van der Waals surface area contributed by atoms with Gasteiger partial charge in [-0.2, -0.15) is 0 Å². The van der Waals surface area contributed by atoms with E-state index in [9.17, 15) is 9.90 Å². The van der Waals surface area contributed by atoms with Gasteiger partial charge in [0.05, 0.1) is 5.71 Å². The van der Waals surface area contributed by atoms with Crippen molar-refractivity contribution in [2.45, 2.75) is 33.0 Å². The number of aliphatic carboxylic acids is 1. The molecule has 0 saturated carbocycles. The summed E-state index contributed by atoms with van der Waals surface area (Å²) in [4.78, 5) is 16.7. The van der Waals surface area contributed by atoms with Gasteiger partial charge in [-0.25, -0.2) is 4.79 Å². The molecule has 26 heavy (non-hydrogen) atoms. The van der Waals surface area contributed by atoms with Crippen LogP contribution in [0.2, 0.25) is 0 Å². The molecule has 138 valence electrons. The second-order valence-electron chi connectivity index (χ2n) is 5.76. The molecular weight excluding hydrogens is 445 g/mol. The van der Waals surface area contributed by atoms with Crippen molar-refractivity contribution < 1.29 is 19.5 Å². The predicted molar refractivity (Wildman–Crippen MR) is 109 cm³/mol. The number of hydrogen-bond donors (Lipinski definition) is 1. The van der Waals surface area contributed by atoms with Gasteiger partial charge >= 0.3 is 5.97 Å². The molecule has 0 aliphatic heterocycles. The minimum atomic E-state index is -0.955. The number of nitrogens with zero attached hydrogens (tertiary/aromatic N) is 1. The minimum Gasteiger partial charge on any atom is -0.479 e. The Hall–Kier alpha value is -1.93. The summed E-state index contributed by atoms with van der Waals surface area (Å²) in [6.45, 7) is 4.42. The molecule has 0 amide bonds. The molecule has 0 aliphatic rings. The molecule has 0 spiro atoms. The minimum absolute atomic E-state index is 0.313. The van der Waals surface area contributed by atoms with Gasteiger partial charge in [0.25, 0.3) is 0 Å². The highest BCUT2D eigenvalue weighted by Gasteiger charge is 2.18. The second kappa shape index (κ2) is 10.3. The average molecular weight is 467 g/mol. The Balaban J connectivity index is 2.00. The first kappa shape index (κ1) is 20.4. The zero-order valence-corrected chi connectivity index (χ0v) is 17.0. The van der Waals surface area contributed by atoms with Gasteiger partial charge in [0, 0.05) is 16.6 Å². The average Bonchev–Trinajstić information content (AvgIpc) is 2.63. The van der Waals surface area contributed by atoms with E-state index >= 15 is 0 Å². The molecular formula is C20H22INO4. The molecule has 0 heterocycles. The van der Waals surface area contributed by atoms with E-state index in [1.807, 2.05) is 55.5 Å². The maximum absolute atomic E-state index is 11.2. The molecule has 5 nitrogen and oxygen atoms in total. The smallest absolute Gasteiger partial charge is 0.333 e. The molecule has 2 aromatic carbocycles. The van der Waals surface area contributed by atoms with E-state index in [1.165, 1.54) is 3.57 Å². The lowest BCUT2D eigenvalue weighted by molar-refractivity contribution is -0.149. The number of carboxylic acids is 1. The van der Waals surface area contributed by atoms with Crippen LogP contribution in [-0.2, 0) is 27.4 Å². The van der Waals surface area contributed by atoms with Crippen LogP contribution in [-0.4, -0.2) is 29.5 Å². The fraction of sp³-hybridized carbons (Fsp3) is 0.300. The van der Waals surface area contributed by atoms with Crippen molar-refractivity contribution in [3.63, 3.8) is 0 Å². The van der Waals surface area contributed by atoms with Gasteiger partial charge < -0.3 is 14.7 Å². The summed E-state index contributed by atoms with van der Waals surface area (Å²) in [5.74, 6) is -0.955. The maximum atomic E-state index is 11.2. The van der Waals surface area contributed by atoms with E-state index in [0.717, 1.165) is 22.4 Å². The zero-order valence-electron chi connectivity index (χ0n) is 14.8. The third-order valence-corrected chi connectivity index (χ3v) is 4.47. The van der Waals surface area contributed by atoms with Crippen molar-refractivity contribution in [2.75, 3.05) is 6.61 Å². The fourth-order valence-corrected chi connectivity index (χ4v) is 2.75. The topological polar surface area (TPSA) is 68.1 Å². The highest BCUT2D eigenvalue weighted by Crippen LogP contribution is 2.12. The van der Waals surface area contributed by atoms with Gasteiger partial charge in [-0.3, -0.25) is 0 Å². The number of benzene rings is 2. The number of ether oxygens (including phenoxy) is 1. The first-order valence-corrected chi connectivity index (χ1v) is 9.42. The summed E-state index contributed by atoms with van der Waals surface area (Å²) in [7, 11) is 0. The van der Waals surface area contributed by atoms with Crippen molar-refractivity contribution >= 4 is 34.3 Å². The van der Waals surface area contributed by atoms with Crippen molar-refractivity contribution in [3.8, 4) is 0 Å². The monoisotopic (exact) mass is 467 g/mol. The maximum Gasteiger partial charge on any atom is 0.333 e. The van der Waals surface area contributed by atoms with Gasteiger partial charge in [0.1, 0.15) is 6.61 Å². The zero-order chi connectivity index (χ0) is 18.9. The molecule has 1 N–H and O–H groups in total. The Bertz CT molecular complexity index is 759. The van der Waals surface area contributed by atoms with E-state index in [0.29, 0.717) is 19.6 Å². The van der Waals surface area contributed by atoms with Crippen LogP contribution in [0.5, 0.6) is 0 Å². The molecule has 0 aromatic heterocycles. The van der Waals surface area contributed by atoms with Crippen molar-refractivity contribution in [2.24, 2.45) is 5.16 Å². The number of carbonyl (C=O) groups is 1. The van der Waals surface area contributed by atoms with Gasteiger partial charge in [-0.15, -0.1) is 0 Å². The lowest BCUT2D eigenvalue weighted by Crippen LogP contribution is -2.26. The molecule has 2 rings (SSSR count). The number of hydrogen-bond acceptors (Lipinski definition) is 4. The third-order valence-electron chi connectivity index (χ3n) is 3.76. The SMILES string of the molecule is CCOC(Cc1cccc(/C(C)=N/OCc2ccc(I)cc2)c1)C(=O)O. The van der Waals surface area contributed by atoms with Crippen LogP contribution in [0.15, 0.2) is 53.7 Å². The Morgan fingerprint density at radius 3 is 2.58 bits per heavy atom. The summed E-state index contributed by atoms with van der Waals surface area (Å²) in [6.07, 6.45) is -0.530. The van der Waals surface area contributed by atoms with E-state index < -0.39 is 12.1 Å². The molecule has 1 unspecified atom stereocenters. The van der Waals surface area contributed by atoms with E-state index in [2.05, 4.69) is 27.7 Å². The van der Waals surface area contributed by atoms with E-state index in [-0.39, 0.29) is 0 Å². The quantitative estimate of drug-likeness (QED) is 0.340. The molecule has 0 fully saturated rings. The molecule has 0 aliphatic carbocycles. The Morgan fingerprint density at radius 1 is 1.19 bits per heavy atom. The summed E-state index contributed by atoms with van der Waals surface area (Å²) >= 11 is 2.26. The third kappa shape index (κ3) is 6.42. The van der Waals surface area contributed by atoms with Crippen LogP contribution in [0.3, 0.4) is 0 Å².